The van der Waals surface area contributed by atoms with Crippen molar-refractivity contribution >= 4 is 17.7 Å². The molecule has 0 saturated carbocycles. The molecule has 4 N–H and O–H groups in total. The van der Waals surface area contributed by atoms with Gasteiger partial charge in [-0.05, 0) is 29.2 Å². The van der Waals surface area contributed by atoms with Crippen molar-refractivity contribution in [3.05, 3.63) is 64.5 Å². The number of fused-ring (bicyclic) bond motifs is 1. The Morgan fingerprint density at radius 1 is 1.14 bits per heavy atom. The van der Waals surface area contributed by atoms with E-state index in [2.05, 4.69) is 15.6 Å². The molecule has 1 atom stereocenters. The van der Waals surface area contributed by atoms with Crippen molar-refractivity contribution in [2.75, 3.05) is 0 Å². The van der Waals surface area contributed by atoms with Crippen molar-refractivity contribution in [2.24, 2.45) is 5.73 Å². The minimum Gasteiger partial charge on any atom is -0.325 e. The molecule has 1 fully saturated rings. The Hall–Kier alpha value is -3.10. The van der Waals surface area contributed by atoms with E-state index in [1.807, 2.05) is 30.3 Å². The maximum absolute atomic E-state index is 13.1. The number of benzene rings is 1. The van der Waals surface area contributed by atoms with Crippen LogP contribution in [0.5, 0.6) is 0 Å². The molecule has 2 aromatic rings. The predicted molar refractivity (Wildman–Crippen MR) is 105 cm³/mol. The van der Waals surface area contributed by atoms with E-state index in [1.165, 1.54) is 0 Å². The van der Waals surface area contributed by atoms with Crippen molar-refractivity contribution in [3.63, 3.8) is 0 Å². The third-order valence-electron chi connectivity index (χ3n) is 5.45. The van der Waals surface area contributed by atoms with Crippen LogP contribution in [0.3, 0.4) is 0 Å². The normalized spacial score (nSPS) is 18.7. The summed E-state index contributed by atoms with van der Waals surface area (Å²) in [6.07, 6.45) is 2.33. The van der Waals surface area contributed by atoms with Crippen LogP contribution in [-0.4, -0.2) is 33.6 Å². The fourth-order valence-corrected chi connectivity index (χ4v) is 3.99. The van der Waals surface area contributed by atoms with Crippen LogP contribution >= 0.6 is 0 Å². The Morgan fingerprint density at radius 2 is 1.93 bits per heavy atom. The molecule has 0 bridgehead atoms. The number of hydrogen-bond donors (Lipinski definition) is 3. The Balaban J connectivity index is 1.47. The van der Waals surface area contributed by atoms with Crippen LogP contribution in [0.4, 0.5) is 0 Å². The second-order valence-corrected chi connectivity index (χ2v) is 7.27. The van der Waals surface area contributed by atoms with E-state index in [1.54, 1.807) is 11.1 Å². The number of aromatic nitrogens is 1. The average Bonchev–Trinajstić information content (AvgIpc) is 3.05. The van der Waals surface area contributed by atoms with E-state index in [0.29, 0.717) is 38.2 Å². The van der Waals surface area contributed by atoms with E-state index < -0.39 is 11.9 Å². The largest absolute Gasteiger partial charge is 0.325 e. The lowest BCUT2D eigenvalue weighted by Gasteiger charge is -2.29. The summed E-state index contributed by atoms with van der Waals surface area (Å²) in [7, 11) is 0. The van der Waals surface area contributed by atoms with Gasteiger partial charge in [-0.2, -0.15) is 0 Å². The lowest BCUT2D eigenvalue weighted by Crippen LogP contribution is -2.52. The highest BCUT2D eigenvalue weighted by molar-refractivity contribution is 6.05. The van der Waals surface area contributed by atoms with Gasteiger partial charge in [0, 0.05) is 44.4 Å². The Kier molecular flexibility index (Phi) is 5.37. The van der Waals surface area contributed by atoms with Gasteiger partial charge in [-0.3, -0.25) is 24.7 Å². The Morgan fingerprint density at radius 3 is 2.72 bits per heavy atom. The number of amides is 3. The summed E-state index contributed by atoms with van der Waals surface area (Å²) in [5, 5.41) is 5.69. The van der Waals surface area contributed by atoms with Crippen LogP contribution in [0.15, 0.2) is 36.5 Å². The fourth-order valence-electron chi connectivity index (χ4n) is 3.99. The zero-order chi connectivity index (χ0) is 20.4. The summed E-state index contributed by atoms with van der Waals surface area (Å²) in [5.74, 6) is -0.837. The van der Waals surface area contributed by atoms with Gasteiger partial charge in [-0.25, -0.2) is 0 Å². The molecule has 8 heteroatoms. The molecule has 8 nitrogen and oxygen atoms in total. The highest BCUT2D eigenvalue weighted by Crippen LogP contribution is 2.29. The maximum atomic E-state index is 13.1. The third-order valence-corrected chi connectivity index (χ3v) is 5.45. The zero-order valence-electron chi connectivity index (χ0n) is 16.0. The summed E-state index contributed by atoms with van der Waals surface area (Å²) in [4.78, 5) is 42.6. The Labute approximate surface area is 168 Å². The number of imide groups is 1. The van der Waals surface area contributed by atoms with Crippen molar-refractivity contribution in [1.82, 2.24) is 20.5 Å². The molecule has 3 amide bonds. The van der Waals surface area contributed by atoms with Gasteiger partial charge in [0.2, 0.25) is 11.8 Å². The molecule has 2 aliphatic heterocycles. The molecule has 3 heterocycles. The summed E-state index contributed by atoms with van der Waals surface area (Å²) in [6, 6.07) is 9.01. The summed E-state index contributed by atoms with van der Waals surface area (Å²) in [5.41, 5.74) is 10.1. The van der Waals surface area contributed by atoms with Gasteiger partial charge >= 0.3 is 0 Å². The molecule has 4 rings (SSSR count). The second kappa shape index (κ2) is 8.10. The maximum Gasteiger partial charge on any atom is 0.255 e. The van der Waals surface area contributed by atoms with E-state index in [-0.39, 0.29) is 18.2 Å². The van der Waals surface area contributed by atoms with E-state index in [9.17, 15) is 14.4 Å². The van der Waals surface area contributed by atoms with Crippen molar-refractivity contribution < 1.29 is 14.4 Å². The number of nitrogens with two attached hydrogens (primary N) is 1. The number of pyridine rings is 1. The molecular formula is C21H23N5O3. The van der Waals surface area contributed by atoms with Crippen LogP contribution in [0.1, 0.15) is 45.6 Å². The first-order valence-corrected chi connectivity index (χ1v) is 9.67. The molecule has 0 spiro atoms. The van der Waals surface area contributed by atoms with Crippen LogP contribution < -0.4 is 16.4 Å². The van der Waals surface area contributed by atoms with Gasteiger partial charge in [-0.15, -0.1) is 0 Å². The number of piperidine rings is 1. The fraction of sp³-hybridized carbons (Fsp3) is 0.333. The van der Waals surface area contributed by atoms with E-state index in [0.717, 1.165) is 22.4 Å². The second-order valence-electron chi connectivity index (χ2n) is 7.27. The highest BCUT2D eigenvalue weighted by atomic mass is 16.2. The first-order chi connectivity index (χ1) is 14.1. The summed E-state index contributed by atoms with van der Waals surface area (Å²) in [6.45, 7) is 1.86. The van der Waals surface area contributed by atoms with Gasteiger partial charge < -0.3 is 16.0 Å². The summed E-state index contributed by atoms with van der Waals surface area (Å²) < 4.78 is 0. The molecule has 1 aromatic carbocycles. The van der Waals surface area contributed by atoms with Gasteiger partial charge in [-0.1, -0.05) is 24.3 Å². The van der Waals surface area contributed by atoms with Gasteiger partial charge in [0.05, 0.1) is 5.69 Å². The van der Waals surface area contributed by atoms with Crippen molar-refractivity contribution in [2.45, 2.75) is 45.1 Å². The number of rotatable bonds is 6. The van der Waals surface area contributed by atoms with Crippen LogP contribution in [-0.2, 0) is 35.8 Å². The number of nitrogens with one attached hydrogen (secondary N) is 2. The van der Waals surface area contributed by atoms with Crippen LogP contribution in [0, 0.1) is 0 Å². The molecule has 1 unspecified atom stereocenters. The molecule has 29 heavy (non-hydrogen) atoms. The first-order valence-electron chi connectivity index (χ1n) is 9.67. The van der Waals surface area contributed by atoms with Gasteiger partial charge in [0.15, 0.2) is 0 Å². The minimum absolute atomic E-state index is 0.157. The number of hydrogen-bond acceptors (Lipinski definition) is 6. The molecule has 0 aliphatic carbocycles. The SMILES string of the molecule is NCc1ncccc1CNCc1cccc2c1C(=O)N(C1CCC(=O)NC1=O)C2. The minimum atomic E-state index is -0.601. The number of carbonyl (C=O) groups excluding carboxylic acids is 3. The Bertz CT molecular complexity index is 975. The quantitative estimate of drug-likeness (QED) is 0.619. The number of carbonyl (C=O) groups is 3. The number of nitrogens with zero attached hydrogens (tertiary/aromatic N) is 2. The van der Waals surface area contributed by atoms with E-state index in [4.69, 9.17) is 5.73 Å². The molecule has 150 valence electrons. The van der Waals surface area contributed by atoms with Crippen molar-refractivity contribution in [1.29, 1.82) is 0 Å². The van der Waals surface area contributed by atoms with Crippen molar-refractivity contribution in [3.8, 4) is 0 Å². The standard InChI is InChI=1S/C21H23N5O3/c22-9-16-13(5-2-8-24-16)10-23-11-14-3-1-4-15-12-26(21(29)19(14)15)17-6-7-18(27)25-20(17)28/h1-5,8,17,23H,6-7,9-12,22H2,(H,25,27,28). The average molecular weight is 393 g/mol. The molecule has 0 radical (unpaired) electrons. The first kappa shape index (κ1) is 19.2. The van der Waals surface area contributed by atoms with Crippen LogP contribution in [0.25, 0.3) is 0 Å². The topological polar surface area (TPSA) is 117 Å². The lowest BCUT2D eigenvalue weighted by atomic mass is 10.0. The smallest absolute Gasteiger partial charge is 0.255 e. The molecule has 1 aromatic heterocycles. The lowest BCUT2D eigenvalue weighted by molar-refractivity contribution is -0.136. The monoisotopic (exact) mass is 393 g/mol. The molecular weight excluding hydrogens is 370 g/mol. The van der Waals surface area contributed by atoms with E-state index >= 15 is 0 Å². The molecule has 1 saturated heterocycles. The van der Waals surface area contributed by atoms with Gasteiger partial charge in [0.25, 0.3) is 5.91 Å². The van der Waals surface area contributed by atoms with Crippen LogP contribution in [0.2, 0.25) is 0 Å². The highest BCUT2D eigenvalue weighted by Gasteiger charge is 2.39. The zero-order valence-corrected chi connectivity index (χ0v) is 16.0. The third kappa shape index (κ3) is 3.76. The summed E-state index contributed by atoms with van der Waals surface area (Å²) >= 11 is 0. The van der Waals surface area contributed by atoms with Gasteiger partial charge in [0.1, 0.15) is 6.04 Å². The predicted octanol–water partition coefficient (Wildman–Crippen LogP) is 0.591. The molecule has 2 aliphatic rings.